The molecule has 3 heterocycles. The fourth-order valence-corrected chi connectivity index (χ4v) is 4.45. The Morgan fingerprint density at radius 1 is 1.39 bits per heavy atom. The van der Waals surface area contributed by atoms with E-state index in [9.17, 15) is 4.79 Å². The molecule has 1 aliphatic rings. The summed E-state index contributed by atoms with van der Waals surface area (Å²) in [4.78, 5) is 29.1. The molecule has 28 heavy (non-hydrogen) atoms. The molecule has 3 aromatic rings. The number of hydrogen-bond acceptors (Lipinski definition) is 5. The second-order valence-corrected chi connectivity index (χ2v) is 7.67. The second kappa shape index (κ2) is 7.58. The van der Waals surface area contributed by atoms with E-state index in [2.05, 4.69) is 21.4 Å². The molecule has 1 unspecified atom stereocenters. The lowest BCUT2D eigenvalue weighted by atomic mass is 10.1. The number of nitrogens with zero attached hydrogens (tertiary/aromatic N) is 5. The Bertz CT molecular complexity index is 1090. The van der Waals surface area contributed by atoms with Gasteiger partial charge in [-0.2, -0.15) is 0 Å². The largest absolute Gasteiger partial charge is 0.344 e. The lowest BCUT2D eigenvalue weighted by Gasteiger charge is -2.35. The van der Waals surface area contributed by atoms with Crippen LogP contribution in [0.3, 0.4) is 0 Å². The molecule has 140 valence electrons. The molecule has 4 rings (SSSR count). The van der Waals surface area contributed by atoms with Crippen LogP contribution in [-0.4, -0.2) is 46.6 Å². The summed E-state index contributed by atoms with van der Waals surface area (Å²) >= 11 is 8.11. The quantitative estimate of drug-likeness (QED) is 0.483. The number of anilines is 1. The Labute approximate surface area is 171 Å². The molecule has 2 aromatic heterocycles. The average molecular weight is 410 g/mol. The Morgan fingerprint density at radius 2 is 2.25 bits per heavy atom. The summed E-state index contributed by atoms with van der Waals surface area (Å²) in [5, 5.41) is 3.52. The van der Waals surface area contributed by atoms with Crippen molar-refractivity contribution in [2.45, 2.75) is 6.17 Å². The molecule has 1 aliphatic heterocycles. The van der Waals surface area contributed by atoms with Crippen molar-refractivity contribution in [2.75, 3.05) is 24.5 Å². The number of aromatic nitrogens is 2. The van der Waals surface area contributed by atoms with Crippen LogP contribution < -0.4 is 4.90 Å². The molecule has 1 amide bonds. The van der Waals surface area contributed by atoms with Crippen molar-refractivity contribution in [1.29, 1.82) is 0 Å². The number of benzene rings is 1. The summed E-state index contributed by atoms with van der Waals surface area (Å²) in [7, 11) is 0. The van der Waals surface area contributed by atoms with Crippen molar-refractivity contribution in [1.82, 2.24) is 14.9 Å². The average Bonchev–Trinajstić information content (AvgIpc) is 3.26. The van der Waals surface area contributed by atoms with E-state index in [4.69, 9.17) is 18.2 Å². The molecule has 0 aliphatic carbocycles. The summed E-state index contributed by atoms with van der Waals surface area (Å²) < 4.78 is 0. The fraction of sp³-hybridized carbons (Fsp3) is 0.200. The van der Waals surface area contributed by atoms with Gasteiger partial charge in [-0.1, -0.05) is 24.2 Å². The monoisotopic (exact) mass is 409 g/mol. The predicted octanol–water partition coefficient (Wildman–Crippen LogP) is 4.09. The molecule has 6 nitrogen and oxygen atoms in total. The van der Waals surface area contributed by atoms with Crippen molar-refractivity contribution in [2.24, 2.45) is 0 Å². The molecule has 0 N–H and O–H groups in total. The highest BCUT2D eigenvalue weighted by Gasteiger charge is 2.34. The zero-order valence-electron chi connectivity index (χ0n) is 14.9. The van der Waals surface area contributed by atoms with Crippen molar-refractivity contribution >= 4 is 45.6 Å². The van der Waals surface area contributed by atoms with Crippen molar-refractivity contribution in [3.05, 3.63) is 65.1 Å². The third-order valence-corrected chi connectivity index (χ3v) is 5.97. The number of carbonyl (C=O) groups excluding carboxylic acids is 1. The van der Waals surface area contributed by atoms with E-state index in [1.54, 1.807) is 16.2 Å². The number of carbonyl (C=O) groups is 1. The van der Waals surface area contributed by atoms with Gasteiger partial charge in [-0.15, -0.1) is 11.3 Å². The van der Waals surface area contributed by atoms with E-state index in [-0.39, 0.29) is 5.91 Å². The number of piperazine rings is 1. The van der Waals surface area contributed by atoms with Gasteiger partial charge in [0.15, 0.2) is 0 Å². The zero-order chi connectivity index (χ0) is 19.7. The van der Waals surface area contributed by atoms with Gasteiger partial charge in [-0.05, 0) is 29.7 Å². The predicted molar refractivity (Wildman–Crippen MR) is 112 cm³/mol. The van der Waals surface area contributed by atoms with E-state index in [0.717, 1.165) is 27.2 Å². The maximum Gasteiger partial charge on any atom is 0.318 e. The standard InChI is InChI=1S/C20H16ClN5OS/c1-3-19(27)26-7-6-25(11-18(26)22-2)20-14-9-13(17-5-4-8-28-17)15(21)10-16(14)23-12-24-20/h3-5,8-10,12,18H,1,6-7,11H2. The summed E-state index contributed by atoms with van der Waals surface area (Å²) in [5.74, 6) is 0.527. The van der Waals surface area contributed by atoms with Crippen LogP contribution in [0.25, 0.3) is 26.2 Å². The van der Waals surface area contributed by atoms with E-state index in [1.165, 1.54) is 12.4 Å². The van der Waals surface area contributed by atoms with Crippen LogP contribution in [0.15, 0.2) is 48.6 Å². The van der Waals surface area contributed by atoms with E-state index in [0.29, 0.717) is 24.7 Å². The number of thiophene rings is 1. The summed E-state index contributed by atoms with van der Waals surface area (Å²) in [5.41, 5.74) is 1.68. The fourth-order valence-electron chi connectivity index (χ4n) is 3.38. The number of fused-ring (bicyclic) bond motifs is 1. The molecule has 0 bridgehead atoms. The highest BCUT2D eigenvalue weighted by Crippen LogP contribution is 2.36. The first-order valence-electron chi connectivity index (χ1n) is 8.65. The Balaban J connectivity index is 1.75. The minimum Gasteiger partial charge on any atom is -0.344 e. The maximum atomic E-state index is 12.0. The molecule has 0 spiro atoms. The van der Waals surface area contributed by atoms with Gasteiger partial charge >= 0.3 is 6.17 Å². The maximum absolute atomic E-state index is 12.0. The SMILES string of the molecule is [C-]#[N+]C1CN(c2ncnc3cc(Cl)c(-c4cccs4)cc23)CCN1C(=O)C=C. The number of halogens is 1. The number of rotatable bonds is 3. The highest BCUT2D eigenvalue weighted by atomic mass is 35.5. The Hall–Kier alpha value is -2.95. The number of hydrogen-bond donors (Lipinski definition) is 0. The molecule has 1 atom stereocenters. The van der Waals surface area contributed by atoms with Gasteiger partial charge in [0.25, 0.3) is 5.91 Å². The van der Waals surface area contributed by atoms with Crippen LogP contribution >= 0.6 is 22.9 Å². The number of amides is 1. The van der Waals surface area contributed by atoms with E-state index < -0.39 is 6.17 Å². The minimum absolute atomic E-state index is 0.222. The van der Waals surface area contributed by atoms with Gasteiger partial charge in [0.05, 0.1) is 10.5 Å². The lowest BCUT2D eigenvalue weighted by Crippen LogP contribution is -2.53. The van der Waals surface area contributed by atoms with Crippen molar-refractivity contribution in [3.63, 3.8) is 0 Å². The van der Waals surface area contributed by atoms with Gasteiger partial charge in [0.2, 0.25) is 0 Å². The first-order valence-corrected chi connectivity index (χ1v) is 9.91. The lowest BCUT2D eigenvalue weighted by molar-refractivity contribution is -0.127. The molecule has 0 radical (unpaired) electrons. The summed E-state index contributed by atoms with van der Waals surface area (Å²) in [6.07, 6.45) is 2.18. The van der Waals surface area contributed by atoms with Gasteiger partial charge in [-0.25, -0.2) is 16.5 Å². The van der Waals surface area contributed by atoms with Crippen LogP contribution in [0.4, 0.5) is 5.82 Å². The van der Waals surface area contributed by atoms with Gasteiger partial charge < -0.3 is 4.90 Å². The van der Waals surface area contributed by atoms with Gasteiger partial charge in [0.1, 0.15) is 18.7 Å². The molecule has 1 aromatic carbocycles. The molecule has 8 heteroatoms. The third kappa shape index (κ3) is 3.21. The highest BCUT2D eigenvalue weighted by molar-refractivity contribution is 7.13. The van der Waals surface area contributed by atoms with Crippen molar-refractivity contribution in [3.8, 4) is 10.4 Å². The normalized spacial score (nSPS) is 16.8. The molecule has 0 saturated carbocycles. The smallest absolute Gasteiger partial charge is 0.318 e. The first-order chi connectivity index (χ1) is 13.6. The zero-order valence-corrected chi connectivity index (χ0v) is 16.5. The summed E-state index contributed by atoms with van der Waals surface area (Å²) in [6, 6.07) is 7.86. The van der Waals surface area contributed by atoms with Crippen LogP contribution in [-0.2, 0) is 4.79 Å². The van der Waals surface area contributed by atoms with Crippen LogP contribution in [0.5, 0.6) is 0 Å². The van der Waals surface area contributed by atoms with E-state index >= 15 is 0 Å². The van der Waals surface area contributed by atoms with Gasteiger partial charge in [-0.3, -0.25) is 14.5 Å². The first kappa shape index (κ1) is 18.4. The minimum atomic E-state index is -0.576. The van der Waals surface area contributed by atoms with E-state index in [1.807, 2.05) is 34.5 Å². The van der Waals surface area contributed by atoms with Gasteiger partial charge in [0, 0.05) is 28.9 Å². The second-order valence-electron chi connectivity index (χ2n) is 6.32. The molecule has 1 fully saturated rings. The van der Waals surface area contributed by atoms with Crippen LogP contribution in [0.1, 0.15) is 0 Å². The molecular formula is C20H16ClN5OS. The molecule has 1 saturated heterocycles. The van der Waals surface area contributed by atoms with Crippen molar-refractivity contribution < 1.29 is 4.79 Å². The van der Waals surface area contributed by atoms with Crippen LogP contribution in [0.2, 0.25) is 5.02 Å². The summed E-state index contributed by atoms with van der Waals surface area (Å²) in [6.45, 7) is 12.4. The molecular weight excluding hydrogens is 394 g/mol. The van der Waals surface area contributed by atoms with Crippen LogP contribution in [0, 0.1) is 6.57 Å². The Kier molecular flexibility index (Phi) is 4.99. The topological polar surface area (TPSA) is 53.7 Å². The third-order valence-electron chi connectivity index (χ3n) is 4.75. The Morgan fingerprint density at radius 3 is 2.96 bits per heavy atom.